The maximum absolute atomic E-state index is 12.2. The summed E-state index contributed by atoms with van der Waals surface area (Å²) in [4.78, 5) is 14.1. The van der Waals surface area contributed by atoms with E-state index in [0.29, 0.717) is 0 Å². The van der Waals surface area contributed by atoms with Crippen LogP contribution in [0.5, 0.6) is 0 Å². The van der Waals surface area contributed by atoms with Crippen LogP contribution in [0.25, 0.3) is 0 Å². The molecule has 1 aromatic carbocycles. The fourth-order valence-corrected chi connectivity index (χ4v) is 2.07. The summed E-state index contributed by atoms with van der Waals surface area (Å²) in [5.74, 6) is 2.63. The molecular formula is C15H17NO. The van der Waals surface area contributed by atoms with E-state index in [1.54, 1.807) is 13.8 Å². The molecule has 0 unspecified atom stereocenters. The van der Waals surface area contributed by atoms with E-state index in [4.69, 9.17) is 6.42 Å². The lowest BCUT2D eigenvalue weighted by Crippen LogP contribution is -2.50. The molecule has 0 spiro atoms. The Morgan fingerprint density at radius 3 is 2.53 bits per heavy atom. The molecule has 2 heteroatoms. The summed E-state index contributed by atoms with van der Waals surface area (Å²) >= 11 is 0. The minimum atomic E-state index is -0.701. The van der Waals surface area contributed by atoms with Gasteiger partial charge in [0.25, 0.3) is 0 Å². The van der Waals surface area contributed by atoms with E-state index in [-0.39, 0.29) is 11.9 Å². The minimum Gasteiger partial charge on any atom is -0.334 e. The van der Waals surface area contributed by atoms with Crippen LogP contribution < -0.4 is 0 Å². The zero-order valence-corrected chi connectivity index (χ0v) is 10.3. The first-order chi connectivity index (χ1) is 8.06. The number of likely N-dealkylation sites (tertiary alicyclic amines) is 1. The lowest BCUT2D eigenvalue weighted by Gasteiger charge is -2.44. The van der Waals surface area contributed by atoms with Crippen molar-refractivity contribution in [3.63, 3.8) is 0 Å². The molecule has 0 bridgehead atoms. The van der Waals surface area contributed by atoms with Crippen LogP contribution in [0.2, 0.25) is 0 Å². The fourth-order valence-electron chi connectivity index (χ4n) is 2.07. The Kier molecular flexibility index (Phi) is 2.93. The van der Waals surface area contributed by atoms with Crippen molar-refractivity contribution in [2.24, 2.45) is 5.41 Å². The van der Waals surface area contributed by atoms with E-state index in [2.05, 4.69) is 18.1 Å². The number of rotatable bonds is 2. The monoisotopic (exact) mass is 227 g/mol. The predicted octanol–water partition coefficient (Wildman–Crippen LogP) is 2.62. The van der Waals surface area contributed by atoms with Crippen LogP contribution in [-0.4, -0.2) is 17.4 Å². The zero-order chi connectivity index (χ0) is 12.5. The van der Waals surface area contributed by atoms with Crippen molar-refractivity contribution in [3.8, 4) is 12.3 Å². The molecule has 0 aromatic heterocycles. The Balaban J connectivity index is 2.16. The van der Waals surface area contributed by atoms with Gasteiger partial charge >= 0.3 is 0 Å². The van der Waals surface area contributed by atoms with Gasteiger partial charge in [0.05, 0.1) is 6.04 Å². The van der Waals surface area contributed by atoms with E-state index in [0.717, 1.165) is 13.0 Å². The second-order valence-electron chi connectivity index (χ2n) is 4.98. The van der Waals surface area contributed by atoms with Crippen LogP contribution in [0.4, 0.5) is 0 Å². The highest BCUT2D eigenvalue weighted by molar-refractivity contribution is 5.86. The first-order valence-corrected chi connectivity index (χ1v) is 5.90. The molecule has 1 atom stereocenters. The largest absolute Gasteiger partial charge is 0.334 e. The molecule has 1 aliphatic rings. The van der Waals surface area contributed by atoms with Gasteiger partial charge in [-0.05, 0) is 25.8 Å². The van der Waals surface area contributed by atoms with Gasteiger partial charge in [-0.2, -0.15) is 0 Å². The van der Waals surface area contributed by atoms with Crippen molar-refractivity contribution >= 4 is 5.91 Å². The Hall–Kier alpha value is -1.75. The molecule has 2 rings (SSSR count). The number of benzene rings is 1. The first kappa shape index (κ1) is 11.7. The van der Waals surface area contributed by atoms with Crippen LogP contribution in [0.15, 0.2) is 30.3 Å². The topological polar surface area (TPSA) is 20.3 Å². The smallest absolute Gasteiger partial charge is 0.240 e. The Morgan fingerprint density at radius 2 is 2.06 bits per heavy atom. The minimum absolute atomic E-state index is 0.0557. The normalized spacial score (nSPS) is 19.4. The molecule has 88 valence electrons. The highest BCUT2D eigenvalue weighted by atomic mass is 16.2. The van der Waals surface area contributed by atoms with Crippen molar-refractivity contribution in [1.82, 2.24) is 4.90 Å². The van der Waals surface area contributed by atoms with Gasteiger partial charge in [0.15, 0.2) is 0 Å². The Bertz CT molecular complexity index is 456. The van der Waals surface area contributed by atoms with Gasteiger partial charge in [0, 0.05) is 6.54 Å². The Morgan fingerprint density at radius 1 is 1.41 bits per heavy atom. The number of hydrogen-bond donors (Lipinski definition) is 0. The molecule has 0 radical (unpaired) electrons. The molecular weight excluding hydrogens is 210 g/mol. The number of carbonyl (C=O) groups is 1. The SMILES string of the molecule is C#CC(C)(C)C(=O)N1CC[C@H]1c1ccccc1. The zero-order valence-electron chi connectivity index (χ0n) is 10.3. The molecule has 1 aromatic rings. The third-order valence-corrected chi connectivity index (χ3v) is 3.36. The van der Waals surface area contributed by atoms with E-state index in [1.165, 1.54) is 5.56 Å². The van der Waals surface area contributed by atoms with Gasteiger partial charge in [0.1, 0.15) is 5.41 Å². The summed E-state index contributed by atoms with van der Waals surface area (Å²) in [6, 6.07) is 10.3. The second kappa shape index (κ2) is 4.25. The summed E-state index contributed by atoms with van der Waals surface area (Å²) in [7, 11) is 0. The van der Waals surface area contributed by atoms with Gasteiger partial charge in [-0.15, -0.1) is 6.42 Å². The maximum atomic E-state index is 12.2. The van der Waals surface area contributed by atoms with Gasteiger partial charge in [-0.1, -0.05) is 36.3 Å². The van der Waals surface area contributed by atoms with Crippen LogP contribution in [-0.2, 0) is 4.79 Å². The van der Waals surface area contributed by atoms with Crippen LogP contribution >= 0.6 is 0 Å². The number of amides is 1. The van der Waals surface area contributed by atoms with Crippen molar-refractivity contribution in [2.75, 3.05) is 6.54 Å². The average Bonchev–Trinajstić information content (AvgIpc) is 2.29. The number of nitrogens with zero attached hydrogens (tertiary/aromatic N) is 1. The average molecular weight is 227 g/mol. The van der Waals surface area contributed by atoms with Crippen LogP contribution in [0.3, 0.4) is 0 Å². The summed E-state index contributed by atoms with van der Waals surface area (Å²) in [5, 5.41) is 0. The molecule has 1 saturated heterocycles. The highest BCUT2D eigenvalue weighted by Gasteiger charge is 2.39. The number of carbonyl (C=O) groups excluding carboxylic acids is 1. The fraction of sp³-hybridized carbons (Fsp3) is 0.400. The molecule has 1 fully saturated rings. The highest BCUT2D eigenvalue weighted by Crippen LogP contribution is 2.36. The maximum Gasteiger partial charge on any atom is 0.240 e. The third-order valence-electron chi connectivity index (χ3n) is 3.36. The van der Waals surface area contributed by atoms with E-state index in [9.17, 15) is 4.79 Å². The van der Waals surface area contributed by atoms with Gasteiger partial charge < -0.3 is 4.90 Å². The molecule has 0 N–H and O–H groups in total. The van der Waals surface area contributed by atoms with Crippen LogP contribution in [0, 0.1) is 17.8 Å². The molecule has 1 amide bonds. The molecule has 2 nitrogen and oxygen atoms in total. The molecule has 1 heterocycles. The first-order valence-electron chi connectivity index (χ1n) is 5.90. The van der Waals surface area contributed by atoms with Crippen molar-refractivity contribution in [3.05, 3.63) is 35.9 Å². The van der Waals surface area contributed by atoms with E-state index < -0.39 is 5.41 Å². The number of terminal acetylenes is 1. The van der Waals surface area contributed by atoms with Crippen LogP contribution in [0.1, 0.15) is 31.9 Å². The quantitative estimate of drug-likeness (QED) is 0.711. The van der Waals surface area contributed by atoms with E-state index in [1.807, 2.05) is 23.1 Å². The lowest BCUT2D eigenvalue weighted by molar-refractivity contribution is -0.145. The molecule has 0 saturated carbocycles. The van der Waals surface area contributed by atoms with Crippen molar-refractivity contribution in [1.29, 1.82) is 0 Å². The third kappa shape index (κ3) is 2.06. The second-order valence-corrected chi connectivity index (χ2v) is 4.98. The summed E-state index contributed by atoms with van der Waals surface area (Å²) in [6.07, 6.45) is 6.43. The van der Waals surface area contributed by atoms with E-state index >= 15 is 0 Å². The van der Waals surface area contributed by atoms with Gasteiger partial charge in [0.2, 0.25) is 5.91 Å². The lowest BCUT2D eigenvalue weighted by atomic mass is 9.87. The predicted molar refractivity (Wildman–Crippen MR) is 68.1 cm³/mol. The number of hydrogen-bond acceptors (Lipinski definition) is 1. The van der Waals surface area contributed by atoms with Crippen molar-refractivity contribution in [2.45, 2.75) is 26.3 Å². The standard InChI is InChI=1S/C15H17NO/c1-4-15(2,3)14(17)16-11-10-13(16)12-8-6-5-7-9-12/h1,5-9,13H,10-11H2,2-3H3/t13-/m0/s1. The molecule has 17 heavy (non-hydrogen) atoms. The molecule has 1 aliphatic heterocycles. The summed E-state index contributed by atoms with van der Waals surface area (Å²) in [6.45, 7) is 4.41. The van der Waals surface area contributed by atoms with Gasteiger partial charge in [-0.25, -0.2) is 0 Å². The molecule has 0 aliphatic carbocycles. The van der Waals surface area contributed by atoms with Crippen molar-refractivity contribution < 1.29 is 4.79 Å². The van der Waals surface area contributed by atoms with Gasteiger partial charge in [-0.3, -0.25) is 4.79 Å². The summed E-state index contributed by atoms with van der Waals surface area (Å²) in [5.41, 5.74) is 0.493. The summed E-state index contributed by atoms with van der Waals surface area (Å²) < 4.78 is 0. The Labute approximate surface area is 103 Å².